The van der Waals surface area contributed by atoms with Crippen LogP contribution in [0.1, 0.15) is 31.2 Å². The summed E-state index contributed by atoms with van der Waals surface area (Å²) in [5.74, 6) is 0. The molecule has 0 radical (unpaired) electrons. The van der Waals surface area contributed by atoms with Crippen molar-refractivity contribution in [2.24, 2.45) is 0 Å². The van der Waals surface area contributed by atoms with Gasteiger partial charge < -0.3 is 5.32 Å². The molecule has 0 bridgehead atoms. The third-order valence-corrected chi connectivity index (χ3v) is 6.94. The quantitative estimate of drug-likeness (QED) is 0.807. The lowest BCUT2D eigenvalue weighted by Crippen LogP contribution is -2.38. The SMILES string of the molecule is CNCc1cccc(S(=O)(=O)NCC2(SC)CCCC2)c1. The Morgan fingerprint density at radius 3 is 2.62 bits per heavy atom. The van der Waals surface area contributed by atoms with Crippen molar-refractivity contribution in [2.45, 2.75) is 41.9 Å². The van der Waals surface area contributed by atoms with Crippen molar-refractivity contribution in [1.82, 2.24) is 10.0 Å². The first-order valence-electron chi connectivity index (χ1n) is 7.30. The molecule has 4 nitrogen and oxygen atoms in total. The standard InChI is InChI=1S/C15H24N2O2S2/c1-16-11-13-6-5-7-14(10-13)21(18,19)17-12-15(20-2)8-3-4-9-15/h5-7,10,16-17H,3-4,8-9,11-12H2,1-2H3. The first-order valence-corrected chi connectivity index (χ1v) is 10.0. The Morgan fingerprint density at radius 2 is 2.00 bits per heavy atom. The molecule has 1 saturated carbocycles. The summed E-state index contributed by atoms with van der Waals surface area (Å²) >= 11 is 1.79. The highest BCUT2D eigenvalue weighted by atomic mass is 32.2. The summed E-state index contributed by atoms with van der Waals surface area (Å²) < 4.78 is 27.8. The van der Waals surface area contributed by atoms with E-state index in [1.807, 2.05) is 13.1 Å². The Morgan fingerprint density at radius 1 is 1.29 bits per heavy atom. The van der Waals surface area contributed by atoms with E-state index in [0.29, 0.717) is 18.0 Å². The third kappa shape index (κ3) is 4.22. The van der Waals surface area contributed by atoms with Gasteiger partial charge in [0, 0.05) is 17.8 Å². The highest BCUT2D eigenvalue weighted by Crippen LogP contribution is 2.39. The van der Waals surface area contributed by atoms with Gasteiger partial charge in [0.2, 0.25) is 10.0 Å². The minimum absolute atomic E-state index is 0.0790. The van der Waals surface area contributed by atoms with Crippen LogP contribution in [0.2, 0.25) is 0 Å². The zero-order valence-corrected chi connectivity index (χ0v) is 14.3. The summed E-state index contributed by atoms with van der Waals surface area (Å²) in [4.78, 5) is 0.351. The molecule has 0 amide bonds. The number of sulfonamides is 1. The fourth-order valence-electron chi connectivity index (χ4n) is 2.81. The van der Waals surface area contributed by atoms with E-state index < -0.39 is 10.0 Å². The second-order valence-corrected chi connectivity index (χ2v) is 8.64. The molecule has 21 heavy (non-hydrogen) atoms. The van der Waals surface area contributed by atoms with Crippen LogP contribution in [0.25, 0.3) is 0 Å². The van der Waals surface area contributed by atoms with Gasteiger partial charge in [0.15, 0.2) is 0 Å². The Labute approximate surface area is 132 Å². The third-order valence-electron chi connectivity index (χ3n) is 4.12. The molecule has 118 valence electrons. The number of thioether (sulfide) groups is 1. The van der Waals surface area contributed by atoms with E-state index in [1.165, 1.54) is 12.8 Å². The summed E-state index contributed by atoms with van der Waals surface area (Å²) in [7, 11) is -1.58. The molecule has 0 spiro atoms. The Hall–Kier alpha value is -0.560. The molecule has 2 rings (SSSR count). The average Bonchev–Trinajstić information content (AvgIpc) is 2.96. The van der Waals surface area contributed by atoms with E-state index in [9.17, 15) is 8.42 Å². The molecule has 6 heteroatoms. The lowest BCUT2D eigenvalue weighted by Gasteiger charge is -2.26. The molecule has 0 atom stereocenters. The Balaban J connectivity index is 2.09. The molecule has 0 aromatic heterocycles. The first-order chi connectivity index (χ1) is 10.0. The van der Waals surface area contributed by atoms with E-state index in [4.69, 9.17) is 0 Å². The van der Waals surface area contributed by atoms with Crippen molar-refractivity contribution >= 4 is 21.8 Å². The normalized spacial score (nSPS) is 18.0. The van der Waals surface area contributed by atoms with Crippen LogP contribution in [0.5, 0.6) is 0 Å². The summed E-state index contributed by atoms with van der Waals surface area (Å²) in [5, 5.41) is 3.04. The number of hydrogen-bond donors (Lipinski definition) is 2. The molecular formula is C15H24N2O2S2. The molecule has 2 N–H and O–H groups in total. The van der Waals surface area contributed by atoms with Gasteiger partial charge in [0.25, 0.3) is 0 Å². The molecule has 0 aliphatic heterocycles. The minimum Gasteiger partial charge on any atom is -0.316 e. The van der Waals surface area contributed by atoms with Crippen LogP contribution < -0.4 is 10.0 Å². The van der Waals surface area contributed by atoms with Crippen LogP contribution in [0, 0.1) is 0 Å². The van der Waals surface area contributed by atoms with E-state index in [-0.39, 0.29) is 4.75 Å². The average molecular weight is 329 g/mol. The first kappa shape index (κ1) is 16.8. The minimum atomic E-state index is -3.43. The van der Waals surface area contributed by atoms with Crippen LogP contribution in [-0.4, -0.2) is 33.0 Å². The molecule has 1 aliphatic carbocycles. The topological polar surface area (TPSA) is 58.2 Å². The lowest BCUT2D eigenvalue weighted by molar-refractivity contribution is 0.551. The highest BCUT2D eigenvalue weighted by Gasteiger charge is 2.34. The van der Waals surface area contributed by atoms with E-state index in [1.54, 1.807) is 30.0 Å². The summed E-state index contributed by atoms with van der Waals surface area (Å²) in [6.45, 7) is 1.19. The second-order valence-electron chi connectivity index (χ2n) is 5.60. The molecular weight excluding hydrogens is 304 g/mol. The van der Waals surface area contributed by atoms with Crippen LogP contribution in [0.4, 0.5) is 0 Å². The molecule has 0 heterocycles. The van der Waals surface area contributed by atoms with Gasteiger partial charge in [-0.3, -0.25) is 0 Å². The van der Waals surface area contributed by atoms with Crippen molar-refractivity contribution < 1.29 is 8.42 Å². The number of nitrogens with one attached hydrogen (secondary N) is 2. The molecule has 1 aromatic carbocycles. The van der Waals surface area contributed by atoms with Crippen molar-refractivity contribution in [3.05, 3.63) is 29.8 Å². The van der Waals surface area contributed by atoms with Crippen LogP contribution >= 0.6 is 11.8 Å². The van der Waals surface area contributed by atoms with E-state index in [2.05, 4.69) is 16.3 Å². The predicted octanol–water partition coefficient (Wildman–Crippen LogP) is 2.36. The van der Waals surface area contributed by atoms with E-state index in [0.717, 1.165) is 18.4 Å². The molecule has 1 aromatic rings. The molecule has 1 fully saturated rings. The maximum atomic E-state index is 12.5. The summed E-state index contributed by atoms with van der Waals surface area (Å²) in [6.07, 6.45) is 6.65. The van der Waals surface area contributed by atoms with Gasteiger partial charge in [0.05, 0.1) is 4.90 Å². The fraction of sp³-hybridized carbons (Fsp3) is 0.600. The van der Waals surface area contributed by atoms with Gasteiger partial charge >= 0.3 is 0 Å². The maximum Gasteiger partial charge on any atom is 0.240 e. The predicted molar refractivity (Wildman–Crippen MR) is 89.1 cm³/mol. The van der Waals surface area contributed by atoms with Crippen LogP contribution in [0.3, 0.4) is 0 Å². The zero-order chi connectivity index (χ0) is 15.3. The highest BCUT2D eigenvalue weighted by molar-refractivity contribution is 8.00. The van der Waals surface area contributed by atoms with Gasteiger partial charge in [-0.05, 0) is 43.8 Å². The van der Waals surface area contributed by atoms with Crippen molar-refractivity contribution in [3.8, 4) is 0 Å². The van der Waals surface area contributed by atoms with Crippen molar-refractivity contribution in [2.75, 3.05) is 19.8 Å². The summed E-state index contributed by atoms with van der Waals surface area (Å²) in [5.41, 5.74) is 0.973. The monoisotopic (exact) mass is 328 g/mol. The largest absolute Gasteiger partial charge is 0.316 e. The van der Waals surface area contributed by atoms with Crippen LogP contribution in [0.15, 0.2) is 29.2 Å². The Kier molecular flexibility index (Phi) is 5.71. The maximum absolute atomic E-state index is 12.5. The Bertz CT molecular complexity index is 567. The smallest absolute Gasteiger partial charge is 0.240 e. The fourth-order valence-corrected chi connectivity index (χ4v) is 5.01. The lowest BCUT2D eigenvalue weighted by atomic mass is 10.1. The van der Waals surface area contributed by atoms with Gasteiger partial charge in [0.1, 0.15) is 0 Å². The van der Waals surface area contributed by atoms with Gasteiger partial charge in [-0.1, -0.05) is 25.0 Å². The van der Waals surface area contributed by atoms with E-state index >= 15 is 0 Å². The second kappa shape index (κ2) is 7.13. The molecule has 0 unspecified atom stereocenters. The van der Waals surface area contributed by atoms with Gasteiger partial charge in [-0.15, -0.1) is 0 Å². The van der Waals surface area contributed by atoms with Crippen LogP contribution in [-0.2, 0) is 16.6 Å². The van der Waals surface area contributed by atoms with Gasteiger partial charge in [-0.2, -0.15) is 11.8 Å². The number of rotatable bonds is 7. The van der Waals surface area contributed by atoms with Crippen molar-refractivity contribution in [3.63, 3.8) is 0 Å². The number of benzene rings is 1. The zero-order valence-electron chi connectivity index (χ0n) is 12.7. The molecule has 0 saturated heterocycles. The summed E-state index contributed by atoms with van der Waals surface area (Å²) in [6, 6.07) is 7.11. The number of hydrogen-bond acceptors (Lipinski definition) is 4. The van der Waals surface area contributed by atoms with Crippen molar-refractivity contribution in [1.29, 1.82) is 0 Å². The molecule has 1 aliphatic rings. The van der Waals surface area contributed by atoms with Gasteiger partial charge in [-0.25, -0.2) is 13.1 Å².